The molecule has 2 aliphatic heterocycles. The van der Waals surface area contributed by atoms with E-state index >= 15 is 0 Å². The number of likely N-dealkylation sites (tertiary alicyclic amines) is 2. The Morgan fingerprint density at radius 1 is 1.33 bits per heavy atom. The lowest BCUT2D eigenvalue weighted by atomic mass is 9.77. The van der Waals surface area contributed by atoms with Gasteiger partial charge in [0.1, 0.15) is 0 Å². The maximum Gasteiger partial charge on any atom is 0.246 e. The molecule has 1 aromatic heterocycles. The zero-order chi connectivity index (χ0) is 17.2. The van der Waals surface area contributed by atoms with Crippen molar-refractivity contribution in [2.45, 2.75) is 39.7 Å². The van der Waals surface area contributed by atoms with Gasteiger partial charge in [-0.1, -0.05) is 11.6 Å². The molecule has 24 heavy (non-hydrogen) atoms. The first-order valence-corrected chi connectivity index (χ1v) is 8.58. The number of aromatic nitrogens is 1. The lowest BCUT2D eigenvalue weighted by Gasteiger charge is -2.38. The maximum atomic E-state index is 12.4. The van der Waals surface area contributed by atoms with Crippen LogP contribution in [0.1, 0.15) is 38.7 Å². The predicted octanol–water partition coefficient (Wildman–Crippen LogP) is 2.39. The largest absolute Gasteiger partial charge is 0.339 e. The summed E-state index contributed by atoms with van der Waals surface area (Å²) in [5, 5.41) is 0. The molecule has 0 atom stereocenters. The Hall–Kier alpha value is -2.17. The normalized spacial score (nSPS) is 19.7. The van der Waals surface area contributed by atoms with E-state index in [-0.39, 0.29) is 17.2 Å². The van der Waals surface area contributed by atoms with Crippen LogP contribution in [0.3, 0.4) is 0 Å². The highest BCUT2D eigenvalue weighted by molar-refractivity contribution is 5.88. The third-order valence-electron chi connectivity index (χ3n) is 5.05. The number of carbonyl (C=O) groups excluding carboxylic acids is 2. The average Bonchev–Trinajstić information content (AvgIpc) is 2.83. The molecule has 2 aliphatic rings. The van der Waals surface area contributed by atoms with Crippen molar-refractivity contribution in [3.63, 3.8) is 0 Å². The highest BCUT2D eigenvalue weighted by Gasteiger charge is 2.45. The van der Waals surface area contributed by atoms with Crippen LogP contribution in [0.2, 0.25) is 0 Å². The Balaban J connectivity index is 1.60. The van der Waals surface area contributed by atoms with Gasteiger partial charge in [0.05, 0.1) is 0 Å². The summed E-state index contributed by atoms with van der Waals surface area (Å²) < 4.78 is 0. The molecule has 3 rings (SSSR count). The molecule has 1 aromatic rings. The van der Waals surface area contributed by atoms with E-state index < -0.39 is 0 Å². The topological polar surface area (TPSA) is 53.5 Å². The lowest BCUT2D eigenvalue weighted by molar-refractivity contribution is -0.128. The first kappa shape index (κ1) is 16.7. The van der Waals surface area contributed by atoms with Gasteiger partial charge in [-0.3, -0.25) is 14.6 Å². The minimum absolute atomic E-state index is 0.0427. The fraction of sp³-hybridized carbons (Fsp3) is 0.526. The van der Waals surface area contributed by atoms with Crippen molar-refractivity contribution in [2.75, 3.05) is 19.6 Å². The minimum atomic E-state index is 0.0427. The number of hydrogen-bond donors (Lipinski definition) is 0. The number of hydrogen-bond acceptors (Lipinski definition) is 3. The van der Waals surface area contributed by atoms with Gasteiger partial charge in [-0.05, 0) is 38.3 Å². The summed E-state index contributed by atoms with van der Waals surface area (Å²) in [5.74, 6) is 0.323. The van der Waals surface area contributed by atoms with E-state index in [2.05, 4.69) is 4.98 Å². The van der Waals surface area contributed by atoms with E-state index in [9.17, 15) is 9.59 Å². The molecule has 2 fully saturated rings. The van der Waals surface area contributed by atoms with E-state index in [0.29, 0.717) is 13.0 Å². The SMILES string of the molecule is CC(C)=CC(=O)N1CCC2(CC1)CC(=O)N(Cc1cccnc1)C2. The number of amides is 2. The van der Waals surface area contributed by atoms with Gasteiger partial charge in [-0.15, -0.1) is 0 Å². The summed E-state index contributed by atoms with van der Waals surface area (Å²) in [6.07, 6.45) is 7.69. The predicted molar refractivity (Wildman–Crippen MR) is 91.9 cm³/mol. The summed E-state index contributed by atoms with van der Waals surface area (Å²) in [4.78, 5) is 32.6. The van der Waals surface area contributed by atoms with Crippen LogP contribution in [0.15, 0.2) is 36.2 Å². The fourth-order valence-electron chi connectivity index (χ4n) is 3.71. The molecule has 0 saturated carbocycles. The van der Waals surface area contributed by atoms with Crippen LogP contribution in [-0.2, 0) is 16.1 Å². The Labute approximate surface area is 143 Å². The van der Waals surface area contributed by atoms with Crippen molar-refractivity contribution in [1.29, 1.82) is 0 Å². The Kier molecular flexibility index (Phi) is 4.69. The molecular weight excluding hydrogens is 302 g/mol. The van der Waals surface area contributed by atoms with Gasteiger partial charge >= 0.3 is 0 Å². The quantitative estimate of drug-likeness (QED) is 0.801. The highest BCUT2D eigenvalue weighted by atomic mass is 16.2. The Bertz CT molecular complexity index is 642. The van der Waals surface area contributed by atoms with Crippen molar-refractivity contribution in [1.82, 2.24) is 14.8 Å². The third kappa shape index (κ3) is 3.66. The molecule has 2 amide bonds. The van der Waals surface area contributed by atoms with Gasteiger partial charge < -0.3 is 9.80 Å². The summed E-state index contributed by atoms with van der Waals surface area (Å²) in [6.45, 7) is 6.80. The van der Waals surface area contributed by atoms with E-state index in [4.69, 9.17) is 0 Å². The molecule has 3 heterocycles. The van der Waals surface area contributed by atoms with Crippen LogP contribution in [0, 0.1) is 5.41 Å². The zero-order valence-electron chi connectivity index (χ0n) is 14.5. The highest BCUT2D eigenvalue weighted by Crippen LogP contribution is 2.41. The number of nitrogens with zero attached hydrogens (tertiary/aromatic N) is 3. The number of rotatable bonds is 3. The second-order valence-corrected chi connectivity index (χ2v) is 7.33. The van der Waals surface area contributed by atoms with Gasteiger partial charge in [0, 0.05) is 56.5 Å². The van der Waals surface area contributed by atoms with Gasteiger partial charge in [0.25, 0.3) is 0 Å². The molecule has 0 aromatic carbocycles. The smallest absolute Gasteiger partial charge is 0.246 e. The average molecular weight is 327 g/mol. The number of allylic oxidation sites excluding steroid dienone is 1. The molecule has 0 unspecified atom stereocenters. The summed E-state index contributed by atoms with van der Waals surface area (Å²) in [7, 11) is 0. The molecule has 0 bridgehead atoms. The summed E-state index contributed by atoms with van der Waals surface area (Å²) in [6, 6.07) is 3.91. The van der Waals surface area contributed by atoms with Crippen LogP contribution >= 0.6 is 0 Å². The maximum absolute atomic E-state index is 12.4. The number of piperidine rings is 1. The third-order valence-corrected chi connectivity index (χ3v) is 5.05. The molecule has 1 spiro atoms. The van der Waals surface area contributed by atoms with Gasteiger partial charge in [0.15, 0.2) is 0 Å². The van der Waals surface area contributed by atoms with Gasteiger partial charge in [0.2, 0.25) is 11.8 Å². The van der Waals surface area contributed by atoms with E-state index in [1.54, 1.807) is 12.3 Å². The molecule has 5 nitrogen and oxygen atoms in total. The van der Waals surface area contributed by atoms with E-state index in [1.165, 1.54) is 0 Å². The number of carbonyl (C=O) groups is 2. The first-order chi connectivity index (χ1) is 11.5. The molecule has 2 saturated heterocycles. The summed E-state index contributed by atoms with van der Waals surface area (Å²) >= 11 is 0. The Morgan fingerprint density at radius 2 is 2.08 bits per heavy atom. The zero-order valence-corrected chi connectivity index (χ0v) is 14.5. The van der Waals surface area contributed by atoms with Crippen LogP contribution in [0.5, 0.6) is 0 Å². The molecular formula is C19H25N3O2. The second kappa shape index (κ2) is 6.75. The fourth-order valence-corrected chi connectivity index (χ4v) is 3.71. The molecule has 0 radical (unpaired) electrons. The Morgan fingerprint density at radius 3 is 2.71 bits per heavy atom. The van der Waals surface area contributed by atoms with Crippen LogP contribution < -0.4 is 0 Å². The van der Waals surface area contributed by atoms with E-state index in [1.807, 2.05) is 42.0 Å². The van der Waals surface area contributed by atoms with Gasteiger partial charge in [-0.2, -0.15) is 0 Å². The summed E-state index contributed by atoms with van der Waals surface area (Å²) in [5.41, 5.74) is 2.14. The van der Waals surface area contributed by atoms with Crippen molar-refractivity contribution in [3.8, 4) is 0 Å². The van der Waals surface area contributed by atoms with Crippen molar-refractivity contribution in [3.05, 3.63) is 41.7 Å². The minimum Gasteiger partial charge on any atom is -0.339 e. The molecule has 5 heteroatoms. The lowest BCUT2D eigenvalue weighted by Crippen LogP contribution is -2.43. The van der Waals surface area contributed by atoms with E-state index in [0.717, 1.165) is 43.6 Å². The standard InChI is InChI=1S/C19H25N3O2/c1-15(2)10-17(23)21-8-5-19(6-9-21)11-18(24)22(14-19)13-16-4-3-7-20-12-16/h3-4,7,10,12H,5-6,8-9,11,13-14H2,1-2H3. The van der Waals surface area contributed by atoms with Crippen LogP contribution in [-0.4, -0.2) is 46.2 Å². The van der Waals surface area contributed by atoms with Crippen molar-refractivity contribution < 1.29 is 9.59 Å². The van der Waals surface area contributed by atoms with Crippen molar-refractivity contribution in [2.24, 2.45) is 5.41 Å². The van der Waals surface area contributed by atoms with Crippen molar-refractivity contribution >= 4 is 11.8 Å². The van der Waals surface area contributed by atoms with Crippen LogP contribution in [0.25, 0.3) is 0 Å². The first-order valence-electron chi connectivity index (χ1n) is 8.58. The molecule has 0 aliphatic carbocycles. The molecule has 0 N–H and O–H groups in total. The number of pyridine rings is 1. The van der Waals surface area contributed by atoms with Gasteiger partial charge in [-0.25, -0.2) is 0 Å². The second-order valence-electron chi connectivity index (χ2n) is 7.33. The molecule has 128 valence electrons. The van der Waals surface area contributed by atoms with Crippen LogP contribution in [0.4, 0.5) is 0 Å². The monoisotopic (exact) mass is 327 g/mol.